The van der Waals surface area contributed by atoms with E-state index in [1.807, 2.05) is 6.07 Å². The molecule has 1 aliphatic heterocycles. The Kier molecular flexibility index (Phi) is 3.72. The van der Waals surface area contributed by atoms with Gasteiger partial charge in [0.25, 0.3) is 0 Å². The summed E-state index contributed by atoms with van der Waals surface area (Å²) in [6, 6.07) is 6.54. The third kappa shape index (κ3) is 2.82. The van der Waals surface area contributed by atoms with Crippen LogP contribution in [0.15, 0.2) is 18.2 Å². The van der Waals surface area contributed by atoms with Gasteiger partial charge in [0.1, 0.15) is 5.82 Å². The molecule has 2 rings (SSSR count). The summed E-state index contributed by atoms with van der Waals surface area (Å²) in [6.07, 6.45) is 1.08. The van der Waals surface area contributed by atoms with Gasteiger partial charge in [0.15, 0.2) is 0 Å². The van der Waals surface area contributed by atoms with Crippen LogP contribution in [-0.2, 0) is 6.54 Å². The molecule has 1 atom stereocenters. The van der Waals surface area contributed by atoms with Crippen molar-refractivity contribution < 1.29 is 4.39 Å². The molecule has 3 nitrogen and oxygen atoms in total. The second kappa shape index (κ2) is 5.26. The number of rotatable bonds is 3. The molecule has 1 aliphatic rings. The third-order valence-electron chi connectivity index (χ3n) is 3.27. The number of nitriles is 1. The summed E-state index contributed by atoms with van der Waals surface area (Å²) < 4.78 is 13.6. The Hall–Kier alpha value is -1.44. The molecule has 2 N–H and O–H groups in total. The molecular formula is C13H16FN3. The Labute approximate surface area is 101 Å². The highest BCUT2D eigenvalue weighted by Crippen LogP contribution is 2.19. The summed E-state index contributed by atoms with van der Waals surface area (Å²) in [5, 5.41) is 8.79. The first-order chi connectivity index (χ1) is 8.22. The van der Waals surface area contributed by atoms with Crippen molar-refractivity contribution in [2.45, 2.75) is 13.0 Å². The molecule has 0 bridgehead atoms. The molecule has 1 fully saturated rings. The highest BCUT2D eigenvalue weighted by atomic mass is 19.1. The summed E-state index contributed by atoms with van der Waals surface area (Å²) >= 11 is 0. The van der Waals surface area contributed by atoms with E-state index in [-0.39, 0.29) is 5.82 Å². The fourth-order valence-electron chi connectivity index (χ4n) is 2.26. The fraction of sp³-hybridized carbons (Fsp3) is 0.462. The van der Waals surface area contributed by atoms with Gasteiger partial charge in [-0.25, -0.2) is 4.39 Å². The number of hydrogen-bond donors (Lipinski definition) is 1. The van der Waals surface area contributed by atoms with E-state index >= 15 is 0 Å². The van der Waals surface area contributed by atoms with Crippen LogP contribution >= 0.6 is 0 Å². The Morgan fingerprint density at radius 1 is 1.53 bits per heavy atom. The van der Waals surface area contributed by atoms with Crippen LogP contribution in [0.4, 0.5) is 4.39 Å². The Balaban J connectivity index is 2.06. The maximum absolute atomic E-state index is 13.6. The molecule has 0 radical (unpaired) electrons. The van der Waals surface area contributed by atoms with Gasteiger partial charge in [-0.3, -0.25) is 4.90 Å². The largest absolute Gasteiger partial charge is 0.330 e. The van der Waals surface area contributed by atoms with E-state index in [2.05, 4.69) is 4.90 Å². The maximum Gasteiger partial charge on any atom is 0.127 e. The monoisotopic (exact) mass is 233 g/mol. The third-order valence-corrected chi connectivity index (χ3v) is 3.27. The first-order valence-electron chi connectivity index (χ1n) is 5.84. The average molecular weight is 233 g/mol. The zero-order valence-corrected chi connectivity index (χ0v) is 9.69. The number of likely N-dealkylation sites (tertiary alicyclic amines) is 1. The van der Waals surface area contributed by atoms with Crippen molar-refractivity contribution in [2.75, 3.05) is 19.6 Å². The minimum Gasteiger partial charge on any atom is -0.330 e. The minimum absolute atomic E-state index is 0.236. The zero-order chi connectivity index (χ0) is 12.3. The van der Waals surface area contributed by atoms with Crippen molar-refractivity contribution in [1.82, 2.24) is 4.90 Å². The van der Waals surface area contributed by atoms with Gasteiger partial charge < -0.3 is 5.73 Å². The molecule has 17 heavy (non-hydrogen) atoms. The summed E-state index contributed by atoms with van der Waals surface area (Å²) in [7, 11) is 0. The molecule has 1 heterocycles. The Bertz CT molecular complexity index is 439. The van der Waals surface area contributed by atoms with Gasteiger partial charge in [-0.1, -0.05) is 0 Å². The summed E-state index contributed by atoms with van der Waals surface area (Å²) in [5.74, 6) is 0.289. The van der Waals surface area contributed by atoms with Crippen LogP contribution < -0.4 is 5.73 Å². The van der Waals surface area contributed by atoms with Crippen LogP contribution in [0.5, 0.6) is 0 Å². The number of benzene rings is 1. The maximum atomic E-state index is 13.6. The fourth-order valence-corrected chi connectivity index (χ4v) is 2.26. The average Bonchev–Trinajstić information content (AvgIpc) is 2.80. The molecule has 90 valence electrons. The minimum atomic E-state index is -0.236. The Morgan fingerprint density at radius 2 is 2.35 bits per heavy atom. The van der Waals surface area contributed by atoms with Crippen molar-refractivity contribution in [1.29, 1.82) is 5.26 Å². The number of hydrogen-bond acceptors (Lipinski definition) is 3. The molecule has 0 amide bonds. The topological polar surface area (TPSA) is 53.0 Å². The highest BCUT2D eigenvalue weighted by molar-refractivity contribution is 5.33. The van der Waals surface area contributed by atoms with Crippen LogP contribution in [0.3, 0.4) is 0 Å². The molecule has 1 unspecified atom stereocenters. The summed E-state index contributed by atoms with van der Waals surface area (Å²) in [6.45, 7) is 3.14. The van der Waals surface area contributed by atoms with Crippen molar-refractivity contribution in [2.24, 2.45) is 11.7 Å². The first kappa shape index (κ1) is 12.0. The molecule has 4 heteroatoms. The predicted molar refractivity (Wildman–Crippen MR) is 63.6 cm³/mol. The molecule has 1 saturated heterocycles. The van der Waals surface area contributed by atoms with Crippen molar-refractivity contribution >= 4 is 0 Å². The second-order valence-electron chi connectivity index (χ2n) is 4.54. The van der Waals surface area contributed by atoms with E-state index in [9.17, 15) is 4.39 Å². The lowest BCUT2D eigenvalue weighted by Gasteiger charge is -2.16. The number of nitrogens with two attached hydrogens (primary N) is 1. The van der Waals surface area contributed by atoms with Gasteiger partial charge in [-0.15, -0.1) is 0 Å². The molecule has 1 aromatic rings. The lowest BCUT2D eigenvalue weighted by atomic mass is 10.1. The Morgan fingerprint density at radius 3 is 3.00 bits per heavy atom. The number of nitrogens with zero attached hydrogens (tertiary/aromatic N) is 2. The lowest BCUT2D eigenvalue weighted by Crippen LogP contribution is -2.23. The van der Waals surface area contributed by atoms with E-state index in [1.54, 1.807) is 6.07 Å². The van der Waals surface area contributed by atoms with E-state index in [1.165, 1.54) is 12.1 Å². The van der Waals surface area contributed by atoms with Crippen LogP contribution in [0.2, 0.25) is 0 Å². The van der Waals surface area contributed by atoms with Crippen molar-refractivity contribution in [3.05, 3.63) is 35.1 Å². The molecular weight excluding hydrogens is 217 g/mol. The standard InChI is InChI=1S/C13H16FN3/c14-13-2-1-10(6-15)5-12(13)9-17-4-3-11(7-16)8-17/h1-2,5,11H,3-4,7-9,16H2. The van der Waals surface area contributed by atoms with Gasteiger partial charge in [0.2, 0.25) is 0 Å². The predicted octanol–water partition coefficient (Wildman–Crippen LogP) is 1.48. The van der Waals surface area contributed by atoms with E-state index in [0.717, 1.165) is 19.5 Å². The van der Waals surface area contributed by atoms with Crippen LogP contribution in [0.1, 0.15) is 17.5 Å². The van der Waals surface area contributed by atoms with E-state index < -0.39 is 0 Å². The van der Waals surface area contributed by atoms with Crippen molar-refractivity contribution in [3.8, 4) is 6.07 Å². The summed E-state index contributed by atoms with van der Waals surface area (Å²) in [5.41, 5.74) is 6.73. The highest BCUT2D eigenvalue weighted by Gasteiger charge is 2.21. The first-order valence-corrected chi connectivity index (χ1v) is 5.84. The van der Waals surface area contributed by atoms with Gasteiger partial charge in [0.05, 0.1) is 11.6 Å². The van der Waals surface area contributed by atoms with Crippen LogP contribution in [0, 0.1) is 23.1 Å². The van der Waals surface area contributed by atoms with Gasteiger partial charge in [-0.05, 0) is 43.6 Å². The van der Waals surface area contributed by atoms with E-state index in [4.69, 9.17) is 11.0 Å². The molecule has 0 saturated carbocycles. The van der Waals surface area contributed by atoms with Gasteiger partial charge in [0, 0.05) is 18.7 Å². The zero-order valence-electron chi connectivity index (χ0n) is 9.69. The van der Waals surface area contributed by atoms with Gasteiger partial charge in [-0.2, -0.15) is 5.26 Å². The second-order valence-corrected chi connectivity index (χ2v) is 4.54. The molecule has 1 aromatic carbocycles. The normalized spacial score (nSPS) is 20.4. The molecule has 0 aromatic heterocycles. The summed E-state index contributed by atoms with van der Waals surface area (Å²) in [4.78, 5) is 2.19. The van der Waals surface area contributed by atoms with Gasteiger partial charge >= 0.3 is 0 Å². The molecule has 0 spiro atoms. The quantitative estimate of drug-likeness (QED) is 0.860. The van der Waals surface area contributed by atoms with Crippen molar-refractivity contribution in [3.63, 3.8) is 0 Å². The smallest absolute Gasteiger partial charge is 0.127 e. The molecule has 0 aliphatic carbocycles. The lowest BCUT2D eigenvalue weighted by molar-refractivity contribution is 0.312. The van der Waals surface area contributed by atoms with E-state index in [0.29, 0.717) is 30.1 Å². The SMILES string of the molecule is N#Cc1ccc(F)c(CN2CCC(CN)C2)c1. The van der Waals surface area contributed by atoms with Crippen LogP contribution in [0.25, 0.3) is 0 Å². The number of halogens is 1. The van der Waals surface area contributed by atoms with Crippen LogP contribution in [-0.4, -0.2) is 24.5 Å².